The third kappa shape index (κ3) is 3.64. The fourth-order valence-corrected chi connectivity index (χ4v) is 1.33. The third-order valence-electron chi connectivity index (χ3n) is 2.25. The fraction of sp³-hybridized carbons (Fsp3) is 0.231. The molecule has 7 heteroatoms. The van der Waals surface area contributed by atoms with E-state index < -0.39 is 11.9 Å². The van der Waals surface area contributed by atoms with E-state index in [1.165, 1.54) is 39.5 Å². The van der Waals surface area contributed by atoms with Crippen LogP contribution in [-0.4, -0.2) is 38.4 Å². The molecule has 0 saturated carbocycles. The first-order valence-corrected chi connectivity index (χ1v) is 5.44. The first-order valence-electron chi connectivity index (χ1n) is 5.44. The minimum absolute atomic E-state index is 0.0352. The minimum Gasteiger partial charge on any atom is -0.500 e. The Labute approximate surface area is 115 Å². The highest BCUT2D eigenvalue weighted by atomic mass is 16.6. The van der Waals surface area contributed by atoms with Gasteiger partial charge < -0.3 is 24.1 Å². The van der Waals surface area contributed by atoms with Crippen molar-refractivity contribution >= 4 is 11.9 Å². The molecule has 1 N–H and O–H groups in total. The van der Waals surface area contributed by atoms with Gasteiger partial charge in [-0.1, -0.05) is 0 Å². The molecule has 0 saturated heterocycles. The van der Waals surface area contributed by atoms with E-state index in [0.29, 0.717) is 5.75 Å². The molecule has 0 atom stereocenters. The van der Waals surface area contributed by atoms with Gasteiger partial charge in [-0.3, -0.25) is 0 Å². The van der Waals surface area contributed by atoms with Crippen LogP contribution in [0.1, 0.15) is 10.4 Å². The number of hydrogen-bond acceptors (Lipinski definition) is 6. The molecule has 20 heavy (non-hydrogen) atoms. The number of carboxylic acids is 1. The van der Waals surface area contributed by atoms with Gasteiger partial charge >= 0.3 is 11.9 Å². The van der Waals surface area contributed by atoms with Crippen molar-refractivity contribution in [2.75, 3.05) is 21.3 Å². The number of carboxylic acid groups (broad SMARTS) is 1. The summed E-state index contributed by atoms with van der Waals surface area (Å²) in [7, 11) is 3.89. The zero-order valence-electron chi connectivity index (χ0n) is 11.2. The van der Waals surface area contributed by atoms with Gasteiger partial charge in [-0.05, 0) is 18.2 Å². The maximum Gasteiger partial charge on any atom is 0.377 e. The molecule has 0 heterocycles. The van der Waals surface area contributed by atoms with Crippen LogP contribution in [0.15, 0.2) is 30.2 Å². The number of carbonyl (C=O) groups excluding carboxylic acids is 1. The minimum atomic E-state index is -1.22. The van der Waals surface area contributed by atoms with Gasteiger partial charge in [0.1, 0.15) is 23.3 Å². The molecule has 1 aromatic rings. The van der Waals surface area contributed by atoms with Gasteiger partial charge in [0.15, 0.2) is 0 Å². The number of benzene rings is 1. The van der Waals surface area contributed by atoms with Crippen molar-refractivity contribution in [2.24, 2.45) is 0 Å². The molecule has 0 amide bonds. The predicted molar refractivity (Wildman–Crippen MR) is 67.7 cm³/mol. The standard InChI is InChI=1S/C13H14O7/c1-17-7-11(13(16)19-3)20-10-5-4-8(18-2)6-9(10)12(14)15/h4-7H,1-3H3,(H,14,15). The summed E-state index contributed by atoms with van der Waals surface area (Å²) in [6, 6.07) is 4.15. The van der Waals surface area contributed by atoms with Crippen molar-refractivity contribution in [2.45, 2.75) is 0 Å². The summed E-state index contributed by atoms with van der Waals surface area (Å²) >= 11 is 0. The molecule has 7 nitrogen and oxygen atoms in total. The van der Waals surface area contributed by atoms with Gasteiger partial charge in [0.25, 0.3) is 0 Å². The Morgan fingerprint density at radius 1 is 1.20 bits per heavy atom. The van der Waals surface area contributed by atoms with E-state index >= 15 is 0 Å². The SMILES string of the molecule is COC=C(Oc1ccc(OC)cc1C(=O)O)C(=O)OC. The second-order valence-electron chi connectivity index (χ2n) is 3.48. The first-order chi connectivity index (χ1) is 9.53. The molecule has 0 spiro atoms. The monoisotopic (exact) mass is 282 g/mol. The van der Waals surface area contributed by atoms with E-state index in [2.05, 4.69) is 9.47 Å². The molecular weight excluding hydrogens is 268 g/mol. The molecule has 0 radical (unpaired) electrons. The molecule has 0 aromatic heterocycles. The maximum atomic E-state index is 11.4. The van der Waals surface area contributed by atoms with Gasteiger partial charge in [0.2, 0.25) is 5.76 Å². The second kappa shape index (κ2) is 7.03. The molecule has 0 aliphatic carbocycles. The van der Waals surface area contributed by atoms with E-state index in [4.69, 9.17) is 14.6 Å². The Hall–Kier alpha value is -2.70. The molecule has 0 aliphatic rings. The van der Waals surface area contributed by atoms with Crippen molar-refractivity contribution in [3.05, 3.63) is 35.8 Å². The Kier molecular flexibility index (Phi) is 5.40. The number of carbonyl (C=O) groups is 2. The summed E-state index contributed by atoms with van der Waals surface area (Å²) in [6.07, 6.45) is 1.02. The summed E-state index contributed by atoms with van der Waals surface area (Å²) in [5, 5.41) is 9.12. The lowest BCUT2D eigenvalue weighted by Gasteiger charge is -2.11. The molecule has 1 aromatic carbocycles. The summed E-state index contributed by atoms with van der Waals surface area (Å²) in [5.41, 5.74) is -0.157. The van der Waals surface area contributed by atoms with E-state index in [1.54, 1.807) is 0 Å². The van der Waals surface area contributed by atoms with Crippen molar-refractivity contribution in [3.8, 4) is 11.5 Å². The van der Waals surface area contributed by atoms with E-state index in [0.717, 1.165) is 6.26 Å². The second-order valence-corrected chi connectivity index (χ2v) is 3.48. The van der Waals surface area contributed by atoms with E-state index in [-0.39, 0.29) is 17.1 Å². The summed E-state index contributed by atoms with van der Waals surface area (Å²) in [4.78, 5) is 22.6. The lowest BCUT2D eigenvalue weighted by molar-refractivity contribution is -0.138. The van der Waals surface area contributed by atoms with Crippen LogP contribution >= 0.6 is 0 Å². The number of hydrogen-bond donors (Lipinski definition) is 1. The fourth-order valence-electron chi connectivity index (χ4n) is 1.33. The molecule has 108 valence electrons. The molecular formula is C13H14O7. The molecule has 0 bridgehead atoms. The highest BCUT2D eigenvalue weighted by molar-refractivity contribution is 5.92. The topological polar surface area (TPSA) is 91.3 Å². The number of ether oxygens (including phenoxy) is 4. The highest BCUT2D eigenvalue weighted by Crippen LogP contribution is 2.26. The number of rotatable bonds is 6. The van der Waals surface area contributed by atoms with Gasteiger partial charge in [-0.25, -0.2) is 9.59 Å². The summed E-state index contributed by atoms with van der Waals surface area (Å²) < 4.78 is 19.3. The Bertz CT molecular complexity index is 534. The largest absolute Gasteiger partial charge is 0.500 e. The van der Waals surface area contributed by atoms with Crippen LogP contribution in [0, 0.1) is 0 Å². The van der Waals surface area contributed by atoms with Crippen molar-refractivity contribution in [3.63, 3.8) is 0 Å². The lowest BCUT2D eigenvalue weighted by Crippen LogP contribution is -2.13. The zero-order valence-corrected chi connectivity index (χ0v) is 11.2. The molecule has 0 aliphatic heterocycles. The van der Waals surface area contributed by atoms with E-state index in [9.17, 15) is 9.59 Å². The van der Waals surface area contributed by atoms with Crippen LogP contribution < -0.4 is 9.47 Å². The lowest BCUT2D eigenvalue weighted by atomic mass is 10.2. The van der Waals surface area contributed by atoms with Crippen LogP contribution in [0.5, 0.6) is 11.5 Å². The van der Waals surface area contributed by atoms with Gasteiger partial charge in [0, 0.05) is 0 Å². The quantitative estimate of drug-likeness (QED) is 0.479. The summed E-state index contributed by atoms with van der Waals surface area (Å²) in [6.45, 7) is 0. The Morgan fingerprint density at radius 2 is 1.90 bits per heavy atom. The van der Waals surface area contributed by atoms with E-state index in [1.807, 2.05) is 0 Å². The number of aromatic carboxylic acids is 1. The van der Waals surface area contributed by atoms with Gasteiger partial charge in [0.05, 0.1) is 21.3 Å². The summed E-state index contributed by atoms with van der Waals surface area (Å²) in [5.74, 6) is -1.97. The average Bonchev–Trinajstić information content (AvgIpc) is 2.46. The third-order valence-corrected chi connectivity index (χ3v) is 2.25. The van der Waals surface area contributed by atoms with Crippen LogP contribution in [0.25, 0.3) is 0 Å². The zero-order chi connectivity index (χ0) is 15.1. The molecule has 0 unspecified atom stereocenters. The maximum absolute atomic E-state index is 11.4. The first kappa shape index (κ1) is 15.4. The van der Waals surface area contributed by atoms with Crippen molar-refractivity contribution in [1.82, 2.24) is 0 Å². The average molecular weight is 282 g/mol. The van der Waals surface area contributed by atoms with Gasteiger partial charge in [-0.2, -0.15) is 0 Å². The smallest absolute Gasteiger partial charge is 0.377 e. The normalized spacial score (nSPS) is 10.7. The van der Waals surface area contributed by atoms with Crippen LogP contribution in [0.4, 0.5) is 0 Å². The highest BCUT2D eigenvalue weighted by Gasteiger charge is 2.19. The number of esters is 1. The Balaban J connectivity index is 3.15. The molecule has 0 fully saturated rings. The molecule has 1 rings (SSSR count). The van der Waals surface area contributed by atoms with Crippen molar-refractivity contribution < 1.29 is 33.6 Å². The van der Waals surface area contributed by atoms with Crippen molar-refractivity contribution in [1.29, 1.82) is 0 Å². The van der Waals surface area contributed by atoms with Crippen LogP contribution in [-0.2, 0) is 14.3 Å². The Morgan fingerprint density at radius 3 is 2.40 bits per heavy atom. The van der Waals surface area contributed by atoms with Crippen LogP contribution in [0.2, 0.25) is 0 Å². The van der Waals surface area contributed by atoms with Gasteiger partial charge in [-0.15, -0.1) is 0 Å². The van der Waals surface area contributed by atoms with Crippen LogP contribution in [0.3, 0.4) is 0 Å². The predicted octanol–water partition coefficient (Wildman–Crippen LogP) is 1.43. The number of methoxy groups -OCH3 is 3.